The molecule has 102 valence electrons. The van der Waals surface area contributed by atoms with Crippen molar-refractivity contribution in [1.82, 2.24) is 0 Å². The van der Waals surface area contributed by atoms with Gasteiger partial charge < -0.3 is 5.11 Å². The molecule has 0 rings (SSSR count). The first-order valence-electron chi connectivity index (χ1n) is 4.42. The van der Waals surface area contributed by atoms with Crippen LogP contribution in [0.1, 0.15) is 19.8 Å². The fraction of sp³-hybridized carbons (Fsp3) is 0.875. The fourth-order valence-corrected chi connectivity index (χ4v) is 1.19. The first-order chi connectivity index (χ1) is 7.38. The highest BCUT2D eigenvalue weighted by atomic mass is 19.4. The zero-order valence-electron chi connectivity index (χ0n) is 8.49. The molecule has 17 heavy (non-hydrogen) atoms. The van der Waals surface area contributed by atoms with E-state index in [1.165, 1.54) is 0 Å². The molecule has 0 aliphatic carbocycles. The van der Waals surface area contributed by atoms with E-state index in [1.54, 1.807) is 0 Å². The van der Waals surface area contributed by atoms with E-state index in [-0.39, 0.29) is 0 Å². The van der Waals surface area contributed by atoms with E-state index in [9.17, 15) is 35.5 Å². The van der Waals surface area contributed by atoms with Crippen molar-refractivity contribution < 1.29 is 40.6 Å². The average molecular weight is 270 g/mol. The maximum absolute atomic E-state index is 13.0. The van der Waals surface area contributed by atoms with E-state index < -0.39 is 42.8 Å². The van der Waals surface area contributed by atoms with Gasteiger partial charge in [0.05, 0.1) is 6.42 Å². The highest BCUT2D eigenvalue weighted by Crippen LogP contribution is 2.51. The first kappa shape index (κ1) is 16.0. The molecule has 1 N–H and O–H groups in total. The van der Waals surface area contributed by atoms with Crippen LogP contribution in [0, 0.1) is 5.92 Å². The van der Waals surface area contributed by atoms with Gasteiger partial charge in [0.1, 0.15) is 0 Å². The predicted molar refractivity (Wildman–Crippen MR) is 42.0 cm³/mol. The minimum Gasteiger partial charge on any atom is -0.481 e. The predicted octanol–water partition coefficient (Wildman–Crippen LogP) is 3.32. The molecular weight excluding hydrogens is 261 g/mol. The van der Waals surface area contributed by atoms with Crippen LogP contribution in [0.25, 0.3) is 0 Å². The van der Waals surface area contributed by atoms with Crippen LogP contribution < -0.4 is 0 Å². The highest BCUT2D eigenvalue weighted by molar-refractivity contribution is 5.67. The second-order valence-electron chi connectivity index (χ2n) is 3.40. The first-order valence-corrected chi connectivity index (χ1v) is 4.42. The van der Waals surface area contributed by atoms with Crippen LogP contribution in [-0.2, 0) is 4.79 Å². The van der Waals surface area contributed by atoms with E-state index in [2.05, 4.69) is 0 Å². The van der Waals surface area contributed by atoms with Gasteiger partial charge in [0.25, 0.3) is 0 Å². The SMILES string of the molecule is CCC(CC(=O)O)C(F)(F)C(F)(F)C(F)(F)F. The molecule has 1 unspecified atom stereocenters. The van der Waals surface area contributed by atoms with E-state index in [0.717, 1.165) is 6.92 Å². The minimum absolute atomic E-state index is 0.815. The third-order valence-electron chi connectivity index (χ3n) is 2.20. The molecule has 0 radical (unpaired) electrons. The van der Waals surface area contributed by atoms with Gasteiger partial charge in [-0.15, -0.1) is 0 Å². The van der Waals surface area contributed by atoms with Crippen LogP contribution in [0.4, 0.5) is 30.7 Å². The Labute approximate surface area is 91.4 Å². The lowest BCUT2D eigenvalue weighted by atomic mass is 9.90. The molecule has 2 nitrogen and oxygen atoms in total. The molecule has 0 saturated carbocycles. The summed E-state index contributed by atoms with van der Waals surface area (Å²) in [5.41, 5.74) is 0. The number of carbonyl (C=O) groups is 1. The van der Waals surface area contributed by atoms with Crippen LogP contribution in [-0.4, -0.2) is 29.1 Å². The van der Waals surface area contributed by atoms with Crippen LogP contribution in [0.3, 0.4) is 0 Å². The van der Waals surface area contributed by atoms with Crippen LogP contribution in [0.15, 0.2) is 0 Å². The summed E-state index contributed by atoms with van der Waals surface area (Å²) in [7, 11) is 0. The molecule has 0 amide bonds. The molecule has 0 saturated heterocycles. The topological polar surface area (TPSA) is 37.3 Å². The van der Waals surface area contributed by atoms with Gasteiger partial charge in [0.15, 0.2) is 0 Å². The molecular formula is C8H9F7O2. The monoisotopic (exact) mass is 270 g/mol. The molecule has 9 heteroatoms. The number of carboxylic acids is 1. The fourth-order valence-electron chi connectivity index (χ4n) is 1.19. The standard InChI is InChI=1S/C8H9F7O2/c1-2-4(3-5(16)17)6(9,10)7(11,12)8(13,14)15/h4H,2-3H2,1H3,(H,16,17). The Kier molecular flexibility index (Phi) is 4.41. The van der Waals surface area contributed by atoms with Crippen LogP contribution >= 0.6 is 0 Å². The van der Waals surface area contributed by atoms with Gasteiger partial charge in [-0.3, -0.25) is 4.79 Å². The molecule has 0 aromatic heterocycles. The van der Waals surface area contributed by atoms with Gasteiger partial charge in [-0.1, -0.05) is 6.92 Å². The Hall–Kier alpha value is -1.02. The molecule has 1 atom stereocenters. The van der Waals surface area contributed by atoms with Crippen molar-refractivity contribution in [3.63, 3.8) is 0 Å². The van der Waals surface area contributed by atoms with Crippen LogP contribution in [0.2, 0.25) is 0 Å². The Morgan fingerprint density at radius 1 is 1.12 bits per heavy atom. The summed E-state index contributed by atoms with van der Waals surface area (Å²) >= 11 is 0. The Balaban J connectivity index is 5.28. The van der Waals surface area contributed by atoms with E-state index in [1.807, 2.05) is 0 Å². The van der Waals surface area contributed by atoms with Gasteiger partial charge in [-0.05, 0) is 6.42 Å². The lowest BCUT2D eigenvalue weighted by molar-refractivity contribution is -0.366. The van der Waals surface area contributed by atoms with E-state index in [4.69, 9.17) is 5.11 Å². The van der Waals surface area contributed by atoms with Gasteiger partial charge in [-0.25, -0.2) is 0 Å². The second-order valence-corrected chi connectivity index (χ2v) is 3.40. The Bertz CT molecular complexity index is 284. The van der Waals surface area contributed by atoms with Crippen molar-refractivity contribution >= 4 is 5.97 Å². The van der Waals surface area contributed by atoms with Gasteiger partial charge in [0, 0.05) is 5.92 Å². The summed E-state index contributed by atoms with van der Waals surface area (Å²) in [5, 5.41) is 8.19. The zero-order chi connectivity index (χ0) is 14.1. The van der Waals surface area contributed by atoms with Gasteiger partial charge in [0.2, 0.25) is 0 Å². The van der Waals surface area contributed by atoms with E-state index >= 15 is 0 Å². The molecule has 0 aliphatic rings. The Morgan fingerprint density at radius 3 is 1.76 bits per heavy atom. The number of aliphatic carboxylic acids is 1. The largest absolute Gasteiger partial charge is 0.481 e. The summed E-state index contributed by atoms with van der Waals surface area (Å²) in [6.45, 7) is 0.911. The summed E-state index contributed by atoms with van der Waals surface area (Å²) < 4.78 is 86.4. The van der Waals surface area contributed by atoms with Crippen LogP contribution in [0.5, 0.6) is 0 Å². The lowest BCUT2D eigenvalue weighted by Gasteiger charge is -2.33. The Morgan fingerprint density at radius 2 is 1.53 bits per heavy atom. The molecule has 0 aromatic carbocycles. The highest BCUT2D eigenvalue weighted by Gasteiger charge is 2.74. The maximum atomic E-state index is 13.0. The van der Waals surface area contributed by atoms with Crippen molar-refractivity contribution in [3.8, 4) is 0 Å². The maximum Gasteiger partial charge on any atom is 0.459 e. The quantitative estimate of drug-likeness (QED) is 0.778. The van der Waals surface area contributed by atoms with Crippen molar-refractivity contribution in [2.45, 2.75) is 37.8 Å². The number of alkyl halides is 7. The summed E-state index contributed by atoms with van der Waals surface area (Å²) in [5.74, 6) is -16.2. The van der Waals surface area contributed by atoms with Crippen molar-refractivity contribution in [3.05, 3.63) is 0 Å². The zero-order valence-corrected chi connectivity index (χ0v) is 8.49. The summed E-state index contributed by atoms with van der Waals surface area (Å²) in [6.07, 6.45) is -8.71. The third-order valence-corrected chi connectivity index (χ3v) is 2.20. The normalized spacial score (nSPS) is 15.8. The summed E-state index contributed by atoms with van der Waals surface area (Å²) in [6, 6.07) is 0. The average Bonchev–Trinajstić information content (AvgIpc) is 2.11. The molecule has 0 bridgehead atoms. The van der Waals surface area contributed by atoms with Crippen molar-refractivity contribution in [2.75, 3.05) is 0 Å². The molecule has 0 fully saturated rings. The van der Waals surface area contributed by atoms with Gasteiger partial charge in [-0.2, -0.15) is 30.7 Å². The lowest BCUT2D eigenvalue weighted by Crippen LogP contribution is -2.55. The molecule has 0 aromatic rings. The number of rotatable bonds is 5. The number of halogens is 7. The smallest absolute Gasteiger partial charge is 0.459 e. The number of carboxylic acid groups (broad SMARTS) is 1. The molecule has 0 heterocycles. The molecule has 0 spiro atoms. The summed E-state index contributed by atoms with van der Waals surface area (Å²) in [4.78, 5) is 10.1. The van der Waals surface area contributed by atoms with Crippen molar-refractivity contribution in [1.29, 1.82) is 0 Å². The minimum atomic E-state index is -6.43. The second kappa shape index (κ2) is 4.69. The molecule has 0 aliphatic heterocycles. The third kappa shape index (κ3) is 3.01. The van der Waals surface area contributed by atoms with E-state index in [0.29, 0.717) is 0 Å². The number of hydrogen-bond acceptors (Lipinski definition) is 1. The number of hydrogen-bond donors (Lipinski definition) is 1. The van der Waals surface area contributed by atoms with Crippen molar-refractivity contribution in [2.24, 2.45) is 5.92 Å². The van der Waals surface area contributed by atoms with Gasteiger partial charge >= 0.3 is 24.0 Å².